The molecule has 0 spiro atoms. The number of benzene rings is 1. The van der Waals surface area contributed by atoms with Gasteiger partial charge in [0.05, 0.1) is 5.56 Å². The molecule has 0 bridgehead atoms. The van der Waals surface area contributed by atoms with Gasteiger partial charge in [0.25, 0.3) is 5.91 Å². The van der Waals surface area contributed by atoms with Crippen LogP contribution in [0.5, 0.6) is 0 Å². The molecule has 4 heteroatoms. The molecular weight excluding hydrogens is 231 g/mol. The number of carbonyl (C=O) groups excluding carboxylic acids is 1. The second-order valence-corrected chi connectivity index (χ2v) is 4.96. The molecule has 1 N–H and O–H groups in total. The van der Waals surface area contributed by atoms with Crippen molar-refractivity contribution in [1.29, 1.82) is 0 Å². The van der Waals surface area contributed by atoms with Crippen molar-refractivity contribution in [1.82, 2.24) is 10.4 Å². The summed E-state index contributed by atoms with van der Waals surface area (Å²) in [6, 6.07) is 6.65. The lowest BCUT2D eigenvalue weighted by Crippen LogP contribution is -2.54. The highest BCUT2D eigenvalue weighted by molar-refractivity contribution is 5.94. The number of hydrogen-bond acceptors (Lipinski definition) is 2. The van der Waals surface area contributed by atoms with Crippen LogP contribution in [-0.2, 0) is 0 Å². The largest absolute Gasteiger partial charge is 0.284 e. The van der Waals surface area contributed by atoms with Crippen molar-refractivity contribution in [2.75, 3.05) is 0 Å². The summed E-state index contributed by atoms with van der Waals surface area (Å²) >= 11 is 0. The zero-order chi connectivity index (χ0) is 13.1. The van der Waals surface area contributed by atoms with Crippen LogP contribution in [0.3, 0.4) is 0 Å². The maximum absolute atomic E-state index is 13.5. The zero-order valence-electron chi connectivity index (χ0n) is 10.8. The molecule has 3 nitrogen and oxygen atoms in total. The monoisotopic (exact) mass is 250 g/mol. The summed E-state index contributed by atoms with van der Waals surface area (Å²) in [5.41, 5.74) is 2.93. The van der Waals surface area contributed by atoms with E-state index >= 15 is 0 Å². The summed E-state index contributed by atoms with van der Waals surface area (Å²) in [6.07, 6.45) is 3.29. The van der Waals surface area contributed by atoms with E-state index in [9.17, 15) is 9.18 Å². The molecule has 1 aliphatic rings. The minimum absolute atomic E-state index is 0.0995. The number of piperidine rings is 1. The molecule has 0 saturated carbocycles. The van der Waals surface area contributed by atoms with Gasteiger partial charge in [0.2, 0.25) is 0 Å². The second-order valence-electron chi connectivity index (χ2n) is 4.96. The highest BCUT2D eigenvalue weighted by Gasteiger charge is 2.26. The van der Waals surface area contributed by atoms with Crippen molar-refractivity contribution in [2.45, 2.75) is 45.2 Å². The maximum atomic E-state index is 13.5. The Morgan fingerprint density at radius 2 is 1.89 bits per heavy atom. The number of hydrazine groups is 1. The molecule has 1 aliphatic heterocycles. The van der Waals surface area contributed by atoms with Crippen LogP contribution < -0.4 is 5.43 Å². The van der Waals surface area contributed by atoms with E-state index in [0.717, 1.165) is 12.8 Å². The first-order chi connectivity index (χ1) is 8.59. The number of hydrogen-bond donors (Lipinski definition) is 1. The van der Waals surface area contributed by atoms with Crippen LogP contribution in [0, 0.1) is 5.82 Å². The van der Waals surface area contributed by atoms with E-state index in [1.54, 1.807) is 12.1 Å². The summed E-state index contributed by atoms with van der Waals surface area (Å²) in [7, 11) is 0. The Kier molecular flexibility index (Phi) is 3.97. The van der Waals surface area contributed by atoms with E-state index in [0.29, 0.717) is 12.1 Å². The Labute approximate surface area is 107 Å². The standard InChI is InChI=1S/C14H19FN2O/c1-10-6-5-7-11(2)17(10)16-14(18)12-8-3-4-9-13(12)15/h3-4,8-11H,5-7H2,1-2H3,(H,16,18). The quantitative estimate of drug-likeness (QED) is 0.875. The smallest absolute Gasteiger partial charge is 0.268 e. The molecule has 2 rings (SSSR count). The molecule has 1 heterocycles. The fourth-order valence-electron chi connectivity index (χ4n) is 2.46. The molecule has 1 aromatic rings. The molecule has 2 unspecified atom stereocenters. The Hall–Kier alpha value is -1.42. The predicted molar refractivity (Wildman–Crippen MR) is 68.5 cm³/mol. The first-order valence-corrected chi connectivity index (χ1v) is 6.43. The van der Waals surface area contributed by atoms with Crippen molar-refractivity contribution in [3.63, 3.8) is 0 Å². The van der Waals surface area contributed by atoms with E-state index in [4.69, 9.17) is 0 Å². The van der Waals surface area contributed by atoms with Gasteiger partial charge in [-0.15, -0.1) is 0 Å². The summed E-state index contributed by atoms with van der Waals surface area (Å²) in [5.74, 6) is -0.846. The van der Waals surface area contributed by atoms with Crippen LogP contribution in [0.2, 0.25) is 0 Å². The molecular formula is C14H19FN2O. The normalized spacial score (nSPS) is 24.8. The van der Waals surface area contributed by atoms with E-state index in [1.807, 2.05) is 5.01 Å². The molecule has 1 aromatic carbocycles. The number of amides is 1. The molecule has 1 fully saturated rings. The highest BCUT2D eigenvalue weighted by Crippen LogP contribution is 2.20. The van der Waals surface area contributed by atoms with Gasteiger partial charge in [-0.3, -0.25) is 10.2 Å². The highest BCUT2D eigenvalue weighted by atomic mass is 19.1. The summed E-state index contributed by atoms with van der Waals surface area (Å²) in [6.45, 7) is 4.16. The fourth-order valence-corrected chi connectivity index (χ4v) is 2.46. The lowest BCUT2D eigenvalue weighted by molar-refractivity contribution is 0.0367. The number of nitrogens with zero attached hydrogens (tertiary/aromatic N) is 1. The van der Waals surface area contributed by atoms with Crippen molar-refractivity contribution in [3.8, 4) is 0 Å². The van der Waals surface area contributed by atoms with E-state index in [2.05, 4.69) is 19.3 Å². The lowest BCUT2D eigenvalue weighted by Gasteiger charge is -2.38. The van der Waals surface area contributed by atoms with Gasteiger partial charge in [0.1, 0.15) is 5.82 Å². The van der Waals surface area contributed by atoms with Gasteiger partial charge in [-0.05, 0) is 38.8 Å². The number of carbonyl (C=O) groups is 1. The topological polar surface area (TPSA) is 32.3 Å². The molecule has 2 atom stereocenters. The van der Waals surface area contributed by atoms with Crippen LogP contribution in [-0.4, -0.2) is 23.0 Å². The Morgan fingerprint density at radius 1 is 1.28 bits per heavy atom. The average Bonchev–Trinajstić information content (AvgIpc) is 2.34. The van der Waals surface area contributed by atoms with Crippen LogP contribution >= 0.6 is 0 Å². The summed E-state index contributed by atoms with van der Waals surface area (Å²) in [5, 5.41) is 1.94. The van der Waals surface area contributed by atoms with Crippen molar-refractivity contribution >= 4 is 5.91 Å². The first-order valence-electron chi connectivity index (χ1n) is 6.43. The van der Waals surface area contributed by atoms with Crippen LogP contribution in [0.15, 0.2) is 24.3 Å². The lowest BCUT2D eigenvalue weighted by atomic mass is 10.00. The molecule has 1 amide bonds. The minimum atomic E-state index is -0.479. The van der Waals surface area contributed by atoms with Gasteiger partial charge < -0.3 is 0 Å². The van der Waals surface area contributed by atoms with Gasteiger partial charge in [-0.25, -0.2) is 9.40 Å². The SMILES string of the molecule is CC1CCCC(C)N1NC(=O)c1ccccc1F. The maximum Gasteiger partial charge on any atom is 0.268 e. The number of nitrogens with one attached hydrogen (secondary N) is 1. The van der Waals surface area contributed by atoms with Crippen molar-refractivity contribution < 1.29 is 9.18 Å². The summed E-state index contributed by atoms with van der Waals surface area (Å²) in [4.78, 5) is 12.0. The Balaban J connectivity index is 2.09. The predicted octanol–water partition coefficient (Wildman–Crippen LogP) is 2.73. The second kappa shape index (κ2) is 5.48. The van der Waals surface area contributed by atoms with E-state index < -0.39 is 5.82 Å². The van der Waals surface area contributed by atoms with Crippen molar-refractivity contribution in [2.24, 2.45) is 0 Å². The molecule has 0 aromatic heterocycles. The zero-order valence-corrected chi connectivity index (χ0v) is 10.8. The third kappa shape index (κ3) is 2.70. The van der Waals surface area contributed by atoms with Gasteiger partial charge >= 0.3 is 0 Å². The third-order valence-electron chi connectivity index (χ3n) is 3.54. The minimum Gasteiger partial charge on any atom is -0.284 e. The Morgan fingerprint density at radius 3 is 2.50 bits per heavy atom. The van der Waals surface area contributed by atoms with Gasteiger partial charge in [-0.1, -0.05) is 18.6 Å². The number of halogens is 1. The van der Waals surface area contributed by atoms with Crippen LogP contribution in [0.1, 0.15) is 43.5 Å². The third-order valence-corrected chi connectivity index (χ3v) is 3.54. The van der Waals surface area contributed by atoms with E-state index in [1.165, 1.54) is 18.6 Å². The fraction of sp³-hybridized carbons (Fsp3) is 0.500. The van der Waals surface area contributed by atoms with E-state index in [-0.39, 0.29) is 11.5 Å². The molecule has 1 saturated heterocycles. The van der Waals surface area contributed by atoms with Gasteiger partial charge in [0, 0.05) is 12.1 Å². The van der Waals surface area contributed by atoms with Gasteiger partial charge in [-0.2, -0.15) is 0 Å². The number of rotatable bonds is 2. The first kappa shape index (κ1) is 13.0. The average molecular weight is 250 g/mol. The molecule has 0 aliphatic carbocycles. The Bertz CT molecular complexity index is 426. The van der Waals surface area contributed by atoms with Crippen LogP contribution in [0.4, 0.5) is 4.39 Å². The molecule has 0 radical (unpaired) electrons. The van der Waals surface area contributed by atoms with Crippen LogP contribution in [0.25, 0.3) is 0 Å². The molecule has 98 valence electrons. The van der Waals surface area contributed by atoms with Crippen molar-refractivity contribution in [3.05, 3.63) is 35.6 Å². The van der Waals surface area contributed by atoms with Gasteiger partial charge in [0.15, 0.2) is 0 Å². The summed E-state index contributed by atoms with van der Waals surface area (Å²) < 4.78 is 13.5. The molecule has 18 heavy (non-hydrogen) atoms.